The Hall–Kier alpha value is -2.50. The molecule has 2 aromatic rings. The Morgan fingerprint density at radius 1 is 1.08 bits per heavy atom. The summed E-state index contributed by atoms with van der Waals surface area (Å²) < 4.78 is 10.6. The van der Waals surface area contributed by atoms with E-state index in [1.165, 1.54) is 0 Å². The zero-order valence-electron chi connectivity index (χ0n) is 12.2. The maximum atomic E-state index is 12.2. The summed E-state index contributed by atoms with van der Waals surface area (Å²) in [5.41, 5.74) is 1.69. The molecular weight excluding hydrogens is 351 g/mol. The second kappa shape index (κ2) is 5.85. The van der Waals surface area contributed by atoms with Gasteiger partial charge in [-0.25, -0.2) is 4.99 Å². The zero-order valence-corrected chi connectivity index (χ0v) is 13.7. The first-order valence-electron chi connectivity index (χ1n) is 7.07. The SMILES string of the molecule is O=C1NC(c2ccc(Cl)cc2Cl)=NC1=Cc1ccc2c(c1)OCO2. The molecular formula is C17H10Cl2N2O3. The Balaban J connectivity index is 1.68. The van der Waals surface area contributed by atoms with Crippen LogP contribution >= 0.6 is 23.2 Å². The van der Waals surface area contributed by atoms with Gasteiger partial charge in [0, 0.05) is 10.6 Å². The highest BCUT2D eigenvalue weighted by atomic mass is 35.5. The number of halogens is 2. The number of benzene rings is 2. The summed E-state index contributed by atoms with van der Waals surface area (Å²) >= 11 is 12.1. The van der Waals surface area contributed by atoms with E-state index in [0.29, 0.717) is 32.9 Å². The first kappa shape index (κ1) is 15.1. The molecule has 1 N–H and O–H groups in total. The van der Waals surface area contributed by atoms with Gasteiger partial charge in [-0.1, -0.05) is 29.3 Å². The van der Waals surface area contributed by atoms with E-state index in [2.05, 4.69) is 10.3 Å². The van der Waals surface area contributed by atoms with Gasteiger partial charge >= 0.3 is 0 Å². The number of amidine groups is 1. The van der Waals surface area contributed by atoms with Crippen molar-refractivity contribution in [1.82, 2.24) is 5.32 Å². The van der Waals surface area contributed by atoms with Crippen molar-refractivity contribution in [3.63, 3.8) is 0 Å². The van der Waals surface area contributed by atoms with E-state index >= 15 is 0 Å². The molecule has 0 radical (unpaired) electrons. The van der Waals surface area contributed by atoms with Crippen LogP contribution in [0.4, 0.5) is 0 Å². The number of aliphatic imine (C=N–C) groups is 1. The second-order valence-corrected chi connectivity index (χ2v) is 6.02. The molecule has 0 bridgehead atoms. The highest BCUT2D eigenvalue weighted by molar-refractivity contribution is 6.37. The number of carbonyl (C=O) groups is 1. The van der Waals surface area contributed by atoms with E-state index < -0.39 is 0 Å². The largest absolute Gasteiger partial charge is 0.454 e. The Morgan fingerprint density at radius 2 is 1.92 bits per heavy atom. The summed E-state index contributed by atoms with van der Waals surface area (Å²) in [4.78, 5) is 16.5. The predicted molar refractivity (Wildman–Crippen MR) is 91.7 cm³/mol. The van der Waals surface area contributed by atoms with Gasteiger partial charge in [-0.3, -0.25) is 4.79 Å². The van der Waals surface area contributed by atoms with Gasteiger partial charge in [0.1, 0.15) is 11.5 Å². The molecule has 0 fully saturated rings. The molecule has 120 valence electrons. The van der Waals surface area contributed by atoms with Crippen LogP contribution in [0.5, 0.6) is 11.5 Å². The molecule has 2 aliphatic rings. The number of hydrogen-bond donors (Lipinski definition) is 1. The lowest BCUT2D eigenvalue weighted by molar-refractivity contribution is -0.115. The maximum absolute atomic E-state index is 12.2. The van der Waals surface area contributed by atoms with Crippen LogP contribution in [0.3, 0.4) is 0 Å². The lowest BCUT2D eigenvalue weighted by Crippen LogP contribution is -2.24. The molecule has 0 unspecified atom stereocenters. The number of carbonyl (C=O) groups excluding carboxylic acids is 1. The van der Waals surface area contributed by atoms with Gasteiger partial charge < -0.3 is 14.8 Å². The monoisotopic (exact) mass is 360 g/mol. The van der Waals surface area contributed by atoms with Gasteiger partial charge in [0.25, 0.3) is 5.91 Å². The maximum Gasteiger partial charge on any atom is 0.275 e. The molecule has 5 nitrogen and oxygen atoms in total. The first-order valence-corrected chi connectivity index (χ1v) is 7.82. The number of amides is 1. The Labute approximate surface area is 147 Å². The number of nitrogens with zero attached hydrogens (tertiary/aromatic N) is 1. The van der Waals surface area contributed by atoms with E-state index in [4.69, 9.17) is 32.7 Å². The molecule has 0 saturated heterocycles. The third kappa shape index (κ3) is 2.72. The van der Waals surface area contributed by atoms with Crippen LogP contribution in [-0.2, 0) is 4.79 Å². The highest BCUT2D eigenvalue weighted by Crippen LogP contribution is 2.33. The van der Waals surface area contributed by atoms with Crippen molar-refractivity contribution in [3.05, 3.63) is 63.3 Å². The molecule has 0 spiro atoms. The highest BCUT2D eigenvalue weighted by Gasteiger charge is 2.23. The van der Waals surface area contributed by atoms with Crippen LogP contribution in [0.15, 0.2) is 47.1 Å². The molecule has 7 heteroatoms. The molecule has 2 heterocycles. The topological polar surface area (TPSA) is 59.9 Å². The summed E-state index contributed by atoms with van der Waals surface area (Å²) in [5, 5.41) is 3.65. The van der Waals surface area contributed by atoms with Gasteiger partial charge in [0.2, 0.25) is 6.79 Å². The van der Waals surface area contributed by atoms with Crippen molar-refractivity contribution in [2.75, 3.05) is 6.79 Å². The quantitative estimate of drug-likeness (QED) is 0.831. The fourth-order valence-electron chi connectivity index (χ4n) is 2.44. The standard InChI is InChI=1S/C17H10Cl2N2O3/c18-10-2-3-11(12(19)7-10)16-20-13(17(22)21-16)5-9-1-4-14-15(6-9)24-8-23-14/h1-7H,8H2,(H,20,21,22). The fraction of sp³-hybridized carbons (Fsp3) is 0.0588. The number of hydrogen-bond acceptors (Lipinski definition) is 4. The molecule has 24 heavy (non-hydrogen) atoms. The van der Waals surface area contributed by atoms with Gasteiger partial charge in [0.15, 0.2) is 11.5 Å². The third-order valence-corrected chi connectivity index (χ3v) is 4.13. The normalized spacial score (nSPS) is 17.2. The Morgan fingerprint density at radius 3 is 2.75 bits per heavy atom. The lowest BCUT2D eigenvalue weighted by atomic mass is 10.1. The summed E-state index contributed by atoms with van der Waals surface area (Å²) in [7, 11) is 0. The number of ether oxygens (including phenoxy) is 2. The lowest BCUT2D eigenvalue weighted by Gasteiger charge is -2.03. The zero-order chi connectivity index (χ0) is 16.7. The number of nitrogens with one attached hydrogen (secondary N) is 1. The fourth-order valence-corrected chi connectivity index (χ4v) is 2.94. The minimum Gasteiger partial charge on any atom is -0.454 e. The molecule has 2 aromatic carbocycles. The van der Waals surface area contributed by atoms with Crippen LogP contribution in [0, 0.1) is 0 Å². The second-order valence-electron chi connectivity index (χ2n) is 5.18. The van der Waals surface area contributed by atoms with E-state index in [-0.39, 0.29) is 18.4 Å². The number of fused-ring (bicyclic) bond motifs is 1. The van der Waals surface area contributed by atoms with Crippen LogP contribution < -0.4 is 14.8 Å². The van der Waals surface area contributed by atoms with Crippen LogP contribution in [-0.4, -0.2) is 18.5 Å². The van der Waals surface area contributed by atoms with Gasteiger partial charge in [-0.15, -0.1) is 0 Å². The van der Waals surface area contributed by atoms with E-state index in [9.17, 15) is 4.79 Å². The van der Waals surface area contributed by atoms with E-state index in [0.717, 1.165) is 5.56 Å². The van der Waals surface area contributed by atoms with Crippen molar-refractivity contribution in [2.45, 2.75) is 0 Å². The summed E-state index contributed by atoms with van der Waals surface area (Å²) in [6.07, 6.45) is 1.67. The smallest absolute Gasteiger partial charge is 0.275 e. The molecule has 0 aliphatic carbocycles. The predicted octanol–water partition coefficient (Wildman–Crippen LogP) is 3.64. The van der Waals surface area contributed by atoms with Crippen LogP contribution in [0.25, 0.3) is 6.08 Å². The third-order valence-electron chi connectivity index (χ3n) is 3.58. The molecule has 1 amide bonds. The van der Waals surface area contributed by atoms with Crippen molar-refractivity contribution < 1.29 is 14.3 Å². The van der Waals surface area contributed by atoms with Crippen molar-refractivity contribution in [3.8, 4) is 11.5 Å². The van der Waals surface area contributed by atoms with Crippen molar-refractivity contribution in [2.24, 2.45) is 4.99 Å². The van der Waals surface area contributed by atoms with Crippen molar-refractivity contribution >= 4 is 41.0 Å². The average Bonchev–Trinajstić information content (AvgIpc) is 3.14. The van der Waals surface area contributed by atoms with Crippen LogP contribution in [0.2, 0.25) is 10.0 Å². The molecule has 0 saturated carbocycles. The van der Waals surface area contributed by atoms with E-state index in [1.54, 1.807) is 36.4 Å². The van der Waals surface area contributed by atoms with Gasteiger partial charge in [-0.2, -0.15) is 0 Å². The minimum atomic E-state index is -0.298. The van der Waals surface area contributed by atoms with Crippen molar-refractivity contribution in [1.29, 1.82) is 0 Å². The summed E-state index contributed by atoms with van der Waals surface area (Å²) in [5.74, 6) is 1.43. The molecule has 2 aliphatic heterocycles. The van der Waals surface area contributed by atoms with Gasteiger partial charge in [0.05, 0.1) is 5.02 Å². The Bertz CT molecular complexity index is 922. The van der Waals surface area contributed by atoms with Crippen LogP contribution in [0.1, 0.15) is 11.1 Å². The average molecular weight is 361 g/mol. The van der Waals surface area contributed by atoms with E-state index in [1.807, 2.05) is 6.07 Å². The first-order chi connectivity index (χ1) is 11.6. The Kier molecular flexibility index (Phi) is 3.67. The summed E-state index contributed by atoms with van der Waals surface area (Å²) in [6, 6.07) is 10.4. The molecule has 0 atom stereocenters. The molecule has 4 rings (SSSR count). The van der Waals surface area contributed by atoms with Gasteiger partial charge in [-0.05, 0) is 42.0 Å². The summed E-state index contributed by atoms with van der Waals surface area (Å²) in [6.45, 7) is 0.202. The number of rotatable bonds is 2. The minimum absolute atomic E-state index is 0.202. The molecule has 0 aromatic heterocycles.